The number of hydrogen-bond donors (Lipinski definition) is 2. The van der Waals surface area contributed by atoms with Gasteiger partial charge in [-0.2, -0.15) is 0 Å². The molecule has 136 valence electrons. The fourth-order valence-electron chi connectivity index (χ4n) is 2.35. The van der Waals surface area contributed by atoms with E-state index in [4.69, 9.17) is 5.73 Å². The quantitative estimate of drug-likeness (QED) is 0.590. The van der Waals surface area contributed by atoms with Gasteiger partial charge in [0.15, 0.2) is 5.16 Å². The first kappa shape index (κ1) is 19.5. The van der Waals surface area contributed by atoms with Crippen LogP contribution in [0.1, 0.15) is 37.1 Å². The van der Waals surface area contributed by atoms with Gasteiger partial charge < -0.3 is 5.73 Å². The molecule has 0 aliphatic carbocycles. The van der Waals surface area contributed by atoms with E-state index in [0.29, 0.717) is 21.9 Å². The highest BCUT2D eigenvalue weighted by molar-refractivity contribution is 8.00. The van der Waals surface area contributed by atoms with Gasteiger partial charge in [-0.25, -0.2) is 9.78 Å². The summed E-state index contributed by atoms with van der Waals surface area (Å²) in [5.74, 6) is -0.507. The van der Waals surface area contributed by atoms with Crippen molar-refractivity contribution in [2.45, 2.75) is 57.5 Å². The first-order chi connectivity index (χ1) is 11.8. The van der Waals surface area contributed by atoms with Crippen LogP contribution in [0.5, 0.6) is 0 Å². The molecule has 0 saturated heterocycles. The highest BCUT2D eigenvalue weighted by Gasteiger charge is 2.22. The summed E-state index contributed by atoms with van der Waals surface area (Å²) in [6.07, 6.45) is 1.78. The number of nitrogens with one attached hydrogen (secondary N) is 1. The van der Waals surface area contributed by atoms with Crippen molar-refractivity contribution in [3.8, 4) is 0 Å². The molecule has 2 aromatic heterocycles. The molecule has 0 bridgehead atoms. The number of hydrogen-bond acceptors (Lipinski definition) is 6. The van der Waals surface area contributed by atoms with E-state index in [2.05, 4.69) is 10.3 Å². The molecule has 0 unspecified atom stereocenters. The molecular weight excluding hydrogens is 360 g/mol. The van der Waals surface area contributed by atoms with Gasteiger partial charge in [0, 0.05) is 11.4 Å². The molecule has 1 atom stereocenters. The zero-order chi connectivity index (χ0) is 18.7. The van der Waals surface area contributed by atoms with E-state index in [-0.39, 0.29) is 5.56 Å². The van der Waals surface area contributed by atoms with Crippen molar-refractivity contribution >= 4 is 45.3 Å². The van der Waals surface area contributed by atoms with E-state index >= 15 is 0 Å². The number of unbranched alkanes of at least 4 members (excludes halogenated alkanes) is 1. The standard InChI is InChI=1S/C16H22N4O3S2/c1-5-6-7-20-14(22)11-8(2)9(3)24-13(11)19-16(20)25-10(4)12(21)18-15(17)23/h10H,5-7H2,1-4H3,(H3,17,18,21,23)/t10-/m1/s1. The van der Waals surface area contributed by atoms with Gasteiger partial charge in [0.2, 0.25) is 5.91 Å². The Morgan fingerprint density at radius 3 is 2.68 bits per heavy atom. The van der Waals surface area contributed by atoms with Crippen LogP contribution in [0.3, 0.4) is 0 Å². The average molecular weight is 383 g/mol. The molecule has 9 heteroatoms. The SMILES string of the molecule is CCCCn1c(S[C@H](C)C(=O)NC(N)=O)nc2sc(C)c(C)c2c1=O. The minimum Gasteiger partial charge on any atom is -0.351 e. The number of rotatable bonds is 6. The molecule has 2 aromatic rings. The predicted octanol–water partition coefficient (Wildman–Crippen LogP) is 2.55. The zero-order valence-corrected chi connectivity index (χ0v) is 16.3. The third kappa shape index (κ3) is 4.21. The first-order valence-corrected chi connectivity index (χ1v) is 9.73. The van der Waals surface area contributed by atoms with Crippen LogP contribution in [0.2, 0.25) is 0 Å². The number of primary amides is 1. The minimum atomic E-state index is -0.895. The molecule has 7 nitrogen and oxygen atoms in total. The van der Waals surface area contributed by atoms with Gasteiger partial charge in [0.25, 0.3) is 5.56 Å². The average Bonchev–Trinajstić information content (AvgIpc) is 2.81. The molecule has 0 aromatic carbocycles. The lowest BCUT2D eigenvalue weighted by molar-refractivity contribution is -0.119. The van der Waals surface area contributed by atoms with Gasteiger partial charge in [-0.05, 0) is 32.8 Å². The van der Waals surface area contributed by atoms with Crippen LogP contribution in [0, 0.1) is 13.8 Å². The second-order valence-electron chi connectivity index (χ2n) is 5.78. The van der Waals surface area contributed by atoms with E-state index in [1.807, 2.05) is 20.8 Å². The number of imide groups is 1. The Balaban J connectivity index is 2.48. The first-order valence-electron chi connectivity index (χ1n) is 8.03. The molecule has 25 heavy (non-hydrogen) atoms. The van der Waals surface area contributed by atoms with Crippen LogP contribution in [0.25, 0.3) is 10.2 Å². The maximum Gasteiger partial charge on any atom is 0.318 e. The van der Waals surface area contributed by atoms with Gasteiger partial charge >= 0.3 is 6.03 Å². The molecule has 3 N–H and O–H groups in total. The highest BCUT2D eigenvalue weighted by atomic mass is 32.2. The van der Waals surface area contributed by atoms with E-state index < -0.39 is 17.2 Å². The summed E-state index contributed by atoms with van der Waals surface area (Å²) in [6, 6.07) is -0.895. The van der Waals surface area contributed by atoms with Gasteiger partial charge in [0.05, 0.1) is 10.6 Å². The smallest absolute Gasteiger partial charge is 0.318 e. The summed E-state index contributed by atoms with van der Waals surface area (Å²) in [5.41, 5.74) is 5.87. The lowest BCUT2D eigenvalue weighted by atomic mass is 10.2. The van der Waals surface area contributed by atoms with Crippen LogP contribution in [-0.2, 0) is 11.3 Å². The normalized spacial score (nSPS) is 12.3. The minimum absolute atomic E-state index is 0.0784. The Morgan fingerprint density at radius 1 is 1.40 bits per heavy atom. The Labute approximate surface area is 154 Å². The number of amides is 3. The number of carbonyl (C=O) groups excluding carboxylic acids is 2. The number of thiophene rings is 1. The Morgan fingerprint density at radius 2 is 2.08 bits per heavy atom. The van der Waals surface area contributed by atoms with Gasteiger partial charge in [-0.15, -0.1) is 11.3 Å². The van der Waals surface area contributed by atoms with Crippen molar-refractivity contribution in [3.05, 3.63) is 20.8 Å². The molecule has 0 aliphatic heterocycles. The lowest BCUT2D eigenvalue weighted by Gasteiger charge is -2.15. The molecule has 2 heterocycles. The van der Waals surface area contributed by atoms with E-state index in [9.17, 15) is 14.4 Å². The third-order valence-corrected chi connectivity index (χ3v) is 6.08. The van der Waals surface area contributed by atoms with E-state index in [1.165, 1.54) is 11.3 Å². The zero-order valence-electron chi connectivity index (χ0n) is 14.7. The van der Waals surface area contributed by atoms with Gasteiger partial charge in [-0.3, -0.25) is 19.5 Å². The summed E-state index contributed by atoms with van der Waals surface area (Å²) in [7, 11) is 0. The molecule has 2 rings (SSSR count). The van der Waals surface area contributed by atoms with E-state index in [1.54, 1.807) is 11.5 Å². The van der Waals surface area contributed by atoms with Gasteiger partial charge in [0.1, 0.15) is 4.83 Å². The summed E-state index contributed by atoms with van der Waals surface area (Å²) < 4.78 is 1.63. The van der Waals surface area contributed by atoms with Crippen molar-refractivity contribution in [1.82, 2.24) is 14.9 Å². The lowest BCUT2D eigenvalue weighted by Crippen LogP contribution is -2.39. The van der Waals surface area contributed by atoms with Gasteiger partial charge in [-0.1, -0.05) is 25.1 Å². The van der Waals surface area contributed by atoms with Crippen molar-refractivity contribution < 1.29 is 9.59 Å². The van der Waals surface area contributed by atoms with Crippen molar-refractivity contribution in [2.75, 3.05) is 0 Å². The number of nitrogens with zero attached hydrogens (tertiary/aromatic N) is 2. The summed E-state index contributed by atoms with van der Waals surface area (Å²) >= 11 is 2.63. The highest BCUT2D eigenvalue weighted by Crippen LogP contribution is 2.29. The molecule has 3 amide bonds. The number of urea groups is 1. The number of thioether (sulfide) groups is 1. The number of aromatic nitrogens is 2. The summed E-state index contributed by atoms with van der Waals surface area (Å²) in [4.78, 5) is 42.1. The summed E-state index contributed by atoms with van der Waals surface area (Å²) in [6.45, 7) is 8.13. The Bertz CT molecular complexity index is 872. The van der Waals surface area contributed by atoms with E-state index in [0.717, 1.165) is 35.0 Å². The Kier molecular flexibility index (Phi) is 6.23. The topological polar surface area (TPSA) is 107 Å². The summed E-state index contributed by atoms with van der Waals surface area (Å²) in [5, 5.41) is 2.59. The number of aryl methyl sites for hydroxylation is 2. The Hall–Kier alpha value is -1.87. The molecule has 0 aliphatic rings. The monoisotopic (exact) mass is 382 g/mol. The third-order valence-electron chi connectivity index (χ3n) is 3.89. The maximum absolute atomic E-state index is 13.0. The van der Waals surface area contributed by atoms with Crippen molar-refractivity contribution in [3.63, 3.8) is 0 Å². The predicted molar refractivity (Wildman–Crippen MR) is 101 cm³/mol. The van der Waals surface area contributed by atoms with Crippen molar-refractivity contribution in [1.29, 1.82) is 0 Å². The second-order valence-corrected chi connectivity index (χ2v) is 8.29. The van der Waals surface area contributed by atoms with Crippen LogP contribution in [-0.4, -0.2) is 26.7 Å². The molecule has 0 spiro atoms. The molecular formula is C16H22N4O3S2. The van der Waals surface area contributed by atoms with Crippen LogP contribution < -0.4 is 16.6 Å². The van der Waals surface area contributed by atoms with Crippen molar-refractivity contribution in [2.24, 2.45) is 5.73 Å². The largest absolute Gasteiger partial charge is 0.351 e. The van der Waals surface area contributed by atoms with Crippen LogP contribution in [0.4, 0.5) is 4.79 Å². The van der Waals surface area contributed by atoms with Crippen LogP contribution >= 0.6 is 23.1 Å². The fourth-order valence-corrected chi connectivity index (χ4v) is 4.35. The molecule has 0 fully saturated rings. The fraction of sp³-hybridized carbons (Fsp3) is 0.500. The second kappa shape index (κ2) is 8.01. The number of nitrogens with two attached hydrogens (primary N) is 1. The molecule has 0 saturated carbocycles. The molecule has 0 radical (unpaired) electrons. The van der Waals surface area contributed by atoms with Crippen LogP contribution in [0.15, 0.2) is 9.95 Å². The number of carbonyl (C=O) groups is 2. The number of fused-ring (bicyclic) bond motifs is 1. The maximum atomic E-state index is 13.0.